The van der Waals surface area contributed by atoms with E-state index in [1.165, 1.54) is 0 Å². The van der Waals surface area contributed by atoms with Crippen molar-refractivity contribution in [1.29, 1.82) is 0 Å². The first kappa shape index (κ1) is 9.15. The molecule has 3 rings (SSSR count). The van der Waals surface area contributed by atoms with E-state index >= 15 is 0 Å². The second-order valence-electron chi connectivity index (χ2n) is 3.72. The Kier molecular flexibility index (Phi) is 1.99. The van der Waals surface area contributed by atoms with Gasteiger partial charge < -0.3 is 9.97 Å². The van der Waals surface area contributed by atoms with Crippen LogP contribution in [-0.4, -0.2) is 19.9 Å². The molecule has 0 aliphatic heterocycles. The van der Waals surface area contributed by atoms with Gasteiger partial charge in [0.15, 0.2) is 0 Å². The van der Waals surface area contributed by atoms with Crippen LogP contribution in [0.4, 0.5) is 0 Å². The third-order valence-electron chi connectivity index (χ3n) is 2.68. The molecule has 0 saturated carbocycles. The SMILES string of the molecule is CCc1nc(-c2ccc3[nH]cnc3c2)c[nH]1. The van der Waals surface area contributed by atoms with Crippen LogP contribution in [-0.2, 0) is 6.42 Å². The van der Waals surface area contributed by atoms with Gasteiger partial charge in [0.25, 0.3) is 0 Å². The Hall–Kier alpha value is -2.10. The van der Waals surface area contributed by atoms with Crippen LogP contribution < -0.4 is 0 Å². The molecule has 0 saturated heterocycles. The zero-order valence-electron chi connectivity index (χ0n) is 8.99. The van der Waals surface area contributed by atoms with Gasteiger partial charge in [-0.2, -0.15) is 0 Å². The quantitative estimate of drug-likeness (QED) is 0.685. The molecular weight excluding hydrogens is 200 g/mol. The van der Waals surface area contributed by atoms with Crippen LogP contribution in [0.15, 0.2) is 30.7 Å². The summed E-state index contributed by atoms with van der Waals surface area (Å²) in [6.07, 6.45) is 4.56. The van der Waals surface area contributed by atoms with Gasteiger partial charge in [0.05, 0.1) is 23.1 Å². The molecule has 2 N–H and O–H groups in total. The standard InChI is InChI=1S/C12H12N4/c1-2-12-13-6-11(16-12)8-3-4-9-10(5-8)15-7-14-9/h3-7H,2H2,1H3,(H,13,16)(H,14,15). The summed E-state index contributed by atoms with van der Waals surface area (Å²) in [6.45, 7) is 2.08. The molecule has 1 aromatic carbocycles. The van der Waals surface area contributed by atoms with Crippen molar-refractivity contribution in [2.24, 2.45) is 0 Å². The Morgan fingerprint density at radius 1 is 1.25 bits per heavy atom. The second-order valence-corrected chi connectivity index (χ2v) is 3.72. The van der Waals surface area contributed by atoms with Crippen LogP contribution in [0.3, 0.4) is 0 Å². The van der Waals surface area contributed by atoms with Gasteiger partial charge in [-0.1, -0.05) is 13.0 Å². The van der Waals surface area contributed by atoms with Crippen molar-refractivity contribution in [2.45, 2.75) is 13.3 Å². The molecule has 0 aliphatic rings. The van der Waals surface area contributed by atoms with Gasteiger partial charge >= 0.3 is 0 Å². The van der Waals surface area contributed by atoms with E-state index in [1.54, 1.807) is 6.33 Å². The van der Waals surface area contributed by atoms with E-state index < -0.39 is 0 Å². The molecule has 0 atom stereocenters. The topological polar surface area (TPSA) is 57.4 Å². The van der Waals surface area contributed by atoms with Crippen molar-refractivity contribution in [1.82, 2.24) is 19.9 Å². The van der Waals surface area contributed by atoms with E-state index in [4.69, 9.17) is 0 Å². The number of nitrogens with zero attached hydrogens (tertiary/aromatic N) is 2. The number of rotatable bonds is 2. The number of aromatic amines is 2. The van der Waals surface area contributed by atoms with Gasteiger partial charge in [-0.25, -0.2) is 9.97 Å². The van der Waals surface area contributed by atoms with E-state index in [1.807, 2.05) is 18.3 Å². The molecule has 80 valence electrons. The molecular formula is C12H12N4. The lowest BCUT2D eigenvalue weighted by molar-refractivity contribution is 0.991. The molecule has 0 bridgehead atoms. The Labute approximate surface area is 92.8 Å². The van der Waals surface area contributed by atoms with Gasteiger partial charge in [0.1, 0.15) is 5.82 Å². The summed E-state index contributed by atoms with van der Waals surface area (Å²) < 4.78 is 0. The van der Waals surface area contributed by atoms with Gasteiger partial charge in [-0.15, -0.1) is 0 Å². The molecule has 0 fully saturated rings. The molecule has 0 unspecified atom stereocenters. The van der Waals surface area contributed by atoms with E-state index in [2.05, 4.69) is 32.9 Å². The minimum Gasteiger partial charge on any atom is -0.348 e. The van der Waals surface area contributed by atoms with E-state index in [0.29, 0.717) is 0 Å². The number of imidazole rings is 2. The number of hydrogen-bond donors (Lipinski definition) is 2. The number of hydrogen-bond acceptors (Lipinski definition) is 2. The molecule has 4 nitrogen and oxygen atoms in total. The molecule has 0 amide bonds. The zero-order chi connectivity index (χ0) is 11.0. The molecule has 0 aliphatic carbocycles. The third-order valence-corrected chi connectivity index (χ3v) is 2.68. The minimum atomic E-state index is 0.921. The summed E-state index contributed by atoms with van der Waals surface area (Å²) in [6, 6.07) is 6.12. The van der Waals surface area contributed by atoms with Crippen LogP contribution in [0.1, 0.15) is 12.7 Å². The van der Waals surface area contributed by atoms with Crippen molar-refractivity contribution < 1.29 is 0 Å². The fourth-order valence-corrected chi connectivity index (χ4v) is 1.78. The van der Waals surface area contributed by atoms with Crippen LogP contribution in [0.5, 0.6) is 0 Å². The molecule has 16 heavy (non-hydrogen) atoms. The van der Waals surface area contributed by atoms with E-state index in [9.17, 15) is 0 Å². The molecule has 2 aromatic heterocycles. The summed E-state index contributed by atoms with van der Waals surface area (Å²) in [4.78, 5) is 15.0. The van der Waals surface area contributed by atoms with Crippen LogP contribution in [0.2, 0.25) is 0 Å². The van der Waals surface area contributed by atoms with Crippen LogP contribution >= 0.6 is 0 Å². The average molecular weight is 212 g/mol. The summed E-state index contributed by atoms with van der Waals surface area (Å²) in [5.74, 6) is 1.01. The Morgan fingerprint density at radius 2 is 2.19 bits per heavy atom. The Balaban J connectivity index is 2.10. The first-order valence-electron chi connectivity index (χ1n) is 5.34. The first-order chi connectivity index (χ1) is 7.86. The van der Waals surface area contributed by atoms with Crippen molar-refractivity contribution >= 4 is 11.0 Å². The van der Waals surface area contributed by atoms with Gasteiger partial charge in [-0.05, 0) is 12.1 Å². The van der Waals surface area contributed by atoms with Crippen molar-refractivity contribution in [3.05, 3.63) is 36.5 Å². The number of aryl methyl sites for hydroxylation is 1. The zero-order valence-corrected chi connectivity index (χ0v) is 8.99. The highest BCUT2D eigenvalue weighted by atomic mass is 14.9. The summed E-state index contributed by atoms with van der Waals surface area (Å²) in [7, 11) is 0. The van der Waals surface area contributed by atoms with Crippen LogP contribution in [0.25, 0.3) is 22.3 Å². The molecule has 0 spiro atoms. The maximum absolute atomic E-state index is 4.50. The fourth-order valence-electron chi connectivity index (χ4n) is 1.78. The van der Waals surface area contributed by atoms with Crippen molar-refractivity contribution in [3.63, 3.8) is 0 Å². The molecule has 4 heteroatoms. The van der Waals surface area contributed by atoms with Crippen molar-refractivity contribution in [3.8, 4) is 11.3 Å². The smallest absolute Gasteiger partial charge is 0.106 e. The Bertz CT molecular complexity index is 621. The monoisotopic (exact) mass is 212 g/mol. The second kappa shape index (κ2) is 3.48. The van der Waals surface area contributed by atoms with E-state index in [-0.39, 0.29) is 0 Å². The highest BCUT2D eigenvalue weighted by Gasteiger charge is 2.04. The first-order valence-corrected chi connectivity index (χ1v) is 5.34. The summed E-state index contributed by atoms with van der Waals surface area (Å²) in [5, 5.41) is 0. The summed E-state index contributed by atoms with van der Waals surface area (Å²) in [5.41, 5.74) is 4.09. The summed E-state index contributed by atoms with van der Waals surface area (Å²) >= 11 is 0. The molecule has 2 heterocycles. The maximum atomic E-state index is 4.50. The van der Waals surface area contributed by atoms with E-state index in [0.717, 1.165) is 34.5 Å². The lowest BCUT2D eigenvalue weighted by Gasteiger charge is -1.95. The molecule has 3 aromatic rings. The van der Waals surface area contributed by atoms with Crippen LogP contribution in [0, 0.1) is 0 Å². The predicted molar refractivity (Wildman–Crippen MR) is 63.1 cm³/mol. The number of benzene rings is 1. The fraction of sp³-hybridized carbons (Fsp3) is 0.167. The number of fused-ring (bicyclic) bond motifs is 1. The number of nitrogens with one attached hydrogen (secondary N) is 2. The largest absolute Gasteiger partial charge is 0.348 e. The molecule has 0 radical (unpaired) electrons. The number of aromatic nitrogens is 4. The van der Waals surface area contributed by atoms with Gasteiger partial charge in [-0.3, -0.25) is 0 Å². The third kappa shape index (κ3) is 1.39. The number of H-pyrrole nitrogens is 2. The highest BCUT2D eigenvalue weighted by Crippen LogP contribution is 2.21. The minimum absolute atomic E-state index is 0.921. The maximum Gasteiger partial charge on any atom is 0.106 e. The van der Waals surface area contributed by atoms with Gasteiger partial charge in [0, 0.05) is 18.2 Å². The van der Waals surface area contributed by atoms with Gasteiger partial charge in [0.2, 0.25) is 0 Å². The normalized spacial score (nSPS) is 11.1. The van der Waals surface area contributed by atoms with Crippen molar-refractivity contribution in [2.75, 3.05) is 0 Å². The highest BCUT2D eigenvalue weighted by molar-refractivity contribution is 5.80. The lowest BCUT2D eigenvalue weighted by Crippen LogP contribution is -1.82. The lowest BCUT2D eigenvalue weighted by atomic mass is 10.1. The Morgan fingerprint density at radius 3 is 3.00 bits per heavy atom. The average Bonchev–Trinajstić information content (AvgIpc) is 2.96. The predicted octanol–water partition coefficient (Wildman–Crippen LogP) is 2.52.